The highest BCUT2D eigenvalue weighted by molar-refractivity contribution is 6.33. The van der Waals surface area contributed by atoms with Crippen molar-refractivity contribution in [2.45, 2.75) is 0 Å². The molecule has 0 fully saturated rings. The molecule has 28 heavy (non-hydrogen) atoms. The smallest absolute Gasteiger partial charge is 0.333 e. The number of nitrogens with zero attached hydrogens (tertiary/aromatic N) is 3. The third-order valence-electron chi connectivity index (χ3n) is 3.51. The van der Waals surface area contributed by atoms with E-state index in [1.165, 1.54) is 6.07 Å². The van der Waals surface area contributed by atoms with Gasteiger partial charge in [-0.05, 0) is 30.3 Å². The van der Waals surface area contributed by atoms with Gasteiger partial charge in [-0.3, -0.25) is 25.8 Å². The third-order valence-corrected chi connectivity index (χ3v) is 4.08. The number of nitro groups is 1. The van der Waals surface area contributed by atoms with Crippen molar-refractivity contribution in [2.75, 3.05) is 10.7 Å². The molecule has 11 heteroatoms. The monoisotopic (exact) mass is 418 g/mol. The Morgan fingerprint density at radius 2 is 1.79 bits per heavy atom. The molecule has 0 saturated heterocycles. The standard InChI is InChI=1S/C17H12Cl2N6O3/c18-11-5-3-4-10(8-11)17(26)24-23-16-14(25(27)28)15(20-9-21-16)22-13-7-2-1-6-12(13)19/h1-9H,(H,24,26)(H2,20,21,22,23). The zero-order valence-electron chi connectivity index (χ0n) is 14.0. The second kappa shape index (κ2) is 8.51. The molecule has 142 valence electrons. The summed E-state index contributed by atoms with van der Waals surface area (Å²) in [6.07, 6.45) is 1.11. The number of carbonyl (C=O) groups is 1. The van der Waals surface area contributed by atoms with Crippen molar-refractivity contribution in [1.29, 1.82) is 0 Å². The van der Waals surface area contributed by atoms with Gasteiger partial charge in [-0.1, -0.05) is 41.4 Å². The minimum atomic E-state index is -0.674. The third kappa shape index (κ3) is 4.45. The predicted molar refractivity (Wildman–Crippen MR) is 106 cm³/mol. The van der Waals surface area contributed by atoms with Gasteiger partial charge in [0, 0.05) is 10.6 Å². The number of amides is 1. The topological polar surface area (TPSA) is 122 Å². The number of nitrogens with one attached hydrogen (secondary N) is 3. The summed E-state index contributed by atoms with van der Waals surface area (Å²) in [5.41, 5.74) is 5.02. The van der Waals surface area contributed by atoms with Crippen molar-refractivity contribution in [3.63, 3.8) is 0 Å². The molecule has 0 aliphatic heterocycles. The van der Waals surface area contributed by atoms with Crippen LogP contribution in [0.5, 0.6) is 0 Å². The highest BCUT2D eigenvalue weighted by atomic mass is 35.5. The van der Waals surface area contributed by atoms with Crippen molar-refractivity contribution in [2.24, 2.45) is 0 Å². The maximum atomic E-state index is 12.2. The molecule has 2 aromatic carbocycles. The van der Waals surface area contributed by atoms with E-state index in [1.54, 1.807) is 42.5 Å². The van der Waals surface area contributed by atoms with Crippen LogP contribution in [0.3, 0.4) is 0 Å². The number of hydrazine groups is 1. The van der Waals surface area contributed by atoms with Crippen LogP contribution in [0.1, 0.15) is 10.4 Å². The number of aromatic nitrogens is 2. The molecule has 0 aliphatic rings. The van der Waals surface area contributed by atoms with Crippen molar-refractivity contribution < 1.29 is 9.72 Å². The lowest BCUT2D eigenvalue weighted by Gasteiger charge is -2.11. The molecule has 1 amide bonds. The largest absolute Gasteiger partial charge is 0.355 e. The van der Waals surface area contributed by atoms with Crippen molar-refractivity contribution in [3.8, 4) is 0 Å². The summed E-state index contributed by atoms with van der Waals surface area (Å²) < 4.78 is 0. The fourth-order valence-electron chi connectivity index (χ4n) is 2.24. The number of para-hydroxylation sites is 1. The molecule has 0 unspecified atom stereocenters. The lowest BCUT2D eigenvalue weighted by molar-refractivity contribution is -0.383. The van der Waals surface area contributed by atoms with E-state index >= 15 is 0 Å². The number of rotatable bonds is 6. The Labute approximate surface area is 168 Å². The summed E-state index contributed by atoms with van der Waals surface area (Å²) in [5, 5.41) is 15.1. The lowest BCUT2D eigenvalue weighted by atomic mass is 10.2. The number of carbonyl (C=O) groups excluding carboxylic acids is 1. The molecule has 3 rings (SSSR count). The van der Waals surface area contributed by atoms with E-state index in [-0.39, 0.29) is 17.2 Å². The molecule has 0 spiro atoms. The first-order valence-corrected chi connectivity index (χ1v) is 8.54. The van der Waals surface area contributed by atoms with Gasteiger partial charge in [-0.15, -0.1) is 0 Å². The van der Waals surface area contributed by atoms with Crippen LogP contribution in [-0.2, 0) is 0 Å². The van der Waals surface area contributed by atoms with Crippen LogP contribution in [0.2, 0.25) is 10.0 Å². The first-order chi connectivity index (χ1) is 13.5. The Morgan fingerprint density at radius 3 is 2.50 bits per heavy atom. The minimum absolute atomic E-state index is 0.0902. The Balaban J connectivity index is 1.84. The second-order valence-corrected chi connectivity index (χ2v) is 6.21. The van der Waals surface area contributed by atoms with E-state index in [0.717, 1.165) is 6.33 Å². The Kier molecular flexibility index (Phi) is 5.87. The second-order valence-electron chi connectivity index (χ2n) is 5.37. The zero-order chi connectivity index (χ0) is 20.1. The average molecular weight is 419 g/mol. The number of hydrogen-bond donors (Lipinski definition) is 3. The van der Waals surface area contributed by atoms with Gasteiger partial charge in [0.25, 0.3) is 5.91 Å². The molecule has 0 bridgehead atoms. The Bertz CT molecular complexity index is 1050. The number of anilines is 3. The summed E-state index contributed by atoms with van der Waals surface area (Å²) in [5.74, 6) is -0.839. The van der Waals surface area contributed by atoms with Gasteiger partial charge in [-0.25, -0.2) is 9.97 Å². The average Bonchev–Trinajstić information content (AvgIpc) is 2.67. The first-order valence-electron chi connectivity index (χ1n) is 7.78. The van der Waals surface area contributed by atoms with E-state index in [0.29, 0.717) is 15.7 Å². The van der Waals surface area contributed by atoms with Gasteiger partial charge in [0.1, 0.15) is 6.33 Å². The Hall–Kier alpha value is -3.43. The van der Waals surface area contributed by atoms with Gasteiger partial charge in [0.2, 0.25) is 11.6 Å². The molecule has 0 radical (unpaired) electrons. The van der Waals surface area contributed by atoms with E-state index < -0.39 is 16.5 Å². The summed E-state index contributed by atoms with van der Waals surface area (Å²) in [6.45, 7) is 0. The van der Waals surface area contributed by atoms with Gasteiger partial charge < -0.3 is 5.32 Å². The molecular formula is C17H12Cl2N6O3. The fourth-order valence-corrected chi connectivity index (χ4v) is 2.62. The van der Waals surface area contributed by atoms with Crippen LogP contribution in [0, 0.1) is 10.1 Å². The molecule has 3 N–H and O–H groups in total. The van der Waals surface area contributed by atoms with E-state index in [9.17, 15) is 14.9 Å². The number of hydrogen-bond acceptors (Lipinski definition) is 7. The van der Waals surface area contributed by atoms with Crippen molar-refractivity contribution >= 4 is 52.1 Å². The summed E-state index contributed by atoms with van der Waals surface area (Å²) in [4.78, 5) is 30.8. The number of halogens is 2. The molecule has 3 aromatic rings. The SMILES string of the molecule is O=C(NNc1ncnc(Nc2ccccc2Cl)c1[N+](=O)[O-])c1cccc(Cl)c1. The van der Waals surface area contributed by atoms with Gasteiger partial charge in [0.05, 0.1) is 15.6 Å². The fraction of sp³-hybridized carbons (Fsp3) is 0. The highest BCUT2D eigenvalue weighted by Crippen LogP contribution is 2.32. The van der Waals surface area contributed by atoms with E-state index in [4.69, 9.17) is 23.2 Å². The van der Waals surface area contributed by atoms with Crippen LogP contribution in [-0.4, -0.2) is 20.8 Å². The van der Waals surface area contributed by atoms with Crippen molar-refractivity contribution in [3.05, 3.63) is 80.6 Å². The lowest BCUT2D eigenvalue weighted by Crippen LogP contribution is -2.30. The molecule has 0 saturated carbocycles. The summed E-state index contributed by atoms with van der Waals surface area (Å²) in [6, 6.07) is 12.9. The highest BCUT2D eigenvalue weighted by Gasteiger charge is 2.24. The van der Waals surface area contributed by atoms with Gasteiger partial charge in [0.15, 0.2) is 0 Å². The molecule has 0 aliphatic carbocycles. The Morgan fingerprint density at radius 1 is 1.04 bits per heavy atom. The predicted octanol–water partition coefficient (Wildman–Crippen LogP) is 4.19. The van der Waals surface area contributed by atoms with Gasteiger partial charge in [-0.2, -0.15) is 0 Å². The molecule has 0 atom stereocenters. The van der Waals surface area contributed by atoms with Crippen molar-refractivity contribution in [1.82, 2.24) is 15.4 Å². The van der Waals surface area contributed by atoms with Crippen LogP contribution < -0.4 is 16.2 Å². The van der Waals surface area contributed by atoms with Crippen LogP contribution in [0.25, 0.3) is 0 Å². The normalized spacial score (nSPS) is 10.2. The zero-order valence-corrected chi connectivity index (χ0v) is 15.5. The quantitative estimate of drug-likeness (QED) is 0.405. The first kappa shape index (κ1) is 19.3. The summed E-state index contributed by atoms with van der Waals surface area (Å²) >= 11 is 11.9. The van der Waals surface area contributed by atoms with Crippen LogP contribution >= 0.6 is 23.2 Å². The molecule has 1 aromatic heterocycles. The van der Waals surface area contributed by atoms with E-state index in [1.807, 2.05) is 0 Å². The van der Waals surface area contributed by atoms with E-state index in [2.05, 4.69) is 26.1 Å². The van der Waals surface area contributed by atoms with Crippen LogP contribution in [0.4, 0.5) is 23.0 Å². The maximum Gasteiger partial charge on any atom is 0.355 e. The molecular weight excluding hydrogens is 407 g/mol. The summed E-state index contributed by atoms with van der Waals surface area (Å²) in [7, 11) is 0. The maximum absolute atomic E-state index is 12.2. The molecule has 1 heterocycles. The number of benzene rings is 2. The molecule has 9 nitrogen and oxygen atoms in total. The van der Waals surface area contributed by atoms with Crippen LogP contribution in [0.15, 0.2) is 54.9 Å². The van der Waals surface area contributed by atoms with Gasteiger partial charge >= 0.3 is 5.69 Å². The minimum Gasteiger partial charge on any atom is -0.333 e.